The number of amides is 1. The van der Waals surface area contributed by atoms with Crippen molar-refractivity contribution in [2.75, 3.05) is 32.2 Å². The van der Waals surface area contributed by atoms with Crippen molar-refractivity contribution >= 4 is 11.6 Å². The van der Waals surface area contributed by atoms with Crippen LogP contribution in [0.3, 0.4) is 0 Å². The number of carbonyl (C=O) groups is 1. The summed E-state index contributed by atoms with van der Waals surface area (Å²) in [5.74, 6) is 1.28. The zero-order chi connectivity index (χ0) is 18.9. The maximum atomic E-state index is 12.4. The molecule has 0 radical (unpaired) electrons. The van der Waals surface area contributed by atoms with E-state index in [9.17, 15) is 4.79 Å². The number of para-hydroxylation sites is 2. The van der Waals surface area contributed by atoms with Gasteiger partial charge in [-0.2, -0.15) is 4.98 Å². The Bertz CT molecular complexity index is 831. The van der Waals surface area contributed by atoms with Gasteiger partial charge in [-0.1, -0.05) is 17.3 Å². The van der Waals surface area contributed by atoms with Crippen LogP contribution >= 0.6 is 0 Å². The number of aromatic nitrogens is 2. The number of rotatable bonds is 6. The molecule has 1 saturated heterocycles. The highest BCUT2D eigenvalue weighted by atomic mass is 16.5. The van der Waals surface area contributed by atoms with E-state index in [1.807, 2.05) is 12.1 Å². The summed E-state index contributed by atoms with van der Waals surface area (Å²) in [6.07, 6.45) is 2.87. The number of nitrogens with zero attached hydrogens (tertiary/aromatic N) is 2. The van der Waals surface area contributed by atoms with E-state index in [1.54, 1.807) is 19.2 Å². The lowest BCUT2D eigenvalue weighted by Gasteiger charge is -2.26. The molecule has 1 saturated carbocycles. The van der Waals surface area contributed by atoms with Gasteiger partial charge in [-0.15, -0.1) is 0 Å². The quantitative estimate of drug-likeness (QED) is 0.793. The summed E-state index contributed by atoms with van der Waals surface area (Å²) in [7, 11) is 1.56. The number of hydrogen-bond acceptors (Lipinski definition) is 7. The molecule has 8 nitrogen and oxygen atoms in total. The highest BCUT2D eigenvalue weighted by Gasteiger charge is 2.70. The molecule has 1 aromatic heterocycles. The maximum Gasteiger partial charge on any atom is 0.234 e. The van der Waals surface area contributed by atoms with Gasteiger partial charge in [-0.05, 0) is 36.8 Å². The average Bonchev–Trinajstić information content (AvgIpc) is 3.06. The molecule has 2 aliphatic rings. The van der Waals surface area contributed by atoms with Gasteiger partial charge in [0.2, 0.25) is 11.8 Å². The van der Waals surface area contributed by atoms with Crippen molar-refractivity contribution < 1.29 is 18.8 Å². The predicted molar refractivity (Wildman–Crippen MR) is 97.5 cm³/mol. The molecule has 27 heavy (non-hydrogen) atoms. The highest BCUT2D eigenvalue weighted by Crippen LogP contribution is 2.68. The van der Waals surface area contributed by atoms with Crippen molar-refractivity contribution in [3.63, 3.8) is 0 Å². The van der Waals surface area contributed by atoms with Crippen molar-refractivity contribution in [2.24, 2.45) is 11.1 Å². The van der Waals surface area contributed by atoms with Gasteiger partial charge in [0.05, 0.1) is 24.6 Å². The van der Waals surface area contributed by atoms with E-state index >= 15 is 0 Å². The third kappa shape index (κ3) is 3.08. The number of hydrogen-bond donors (Lipinski definition) is 2. The minimum atomic E-state index is -0.277. The molecule has 2 aromatic rings. The summed E-state index contributed by atoms with van der Waals surface area (Å²) in [5.41, 5.74) is 6.52. The Labute approximate surface area is 157 Å². The van der Waals surface area contributed by atoms with Gasteiger partial charge in [0, 0.05) is 19.8 Å². The fraction of sp³-hybridized carbons (Fsp3) is 0.526. The second-order valence-corrected chi connectivity index (χ2v) is 7.30. The van der Waals surface area contributed by atoms with Crippen molar-refractivity contribution in [2.45, 2.75) is 31.1 Å². The van der Waals surface area contributed by atoms with E-state index in [4.69, 9.17) is 19.7 Å². The van der Waals surface area contributed by atoms with Gasteiger partial charge in [0.1, 0.15) is 5.75 Å². The summed E-state index contributed by atoms with van der Waals surface area (Å²) in [6, 6.07) is 7.23. The maximum absolute atomic E-state index is 12.4. The van der Waals surface area contributed by atoms with E-state index in [0.717, 1.165) is 32.5 Å². The zero-order valence-electron chi connectivity index (χ0n) is 15.4. The van der Waals surface area contributed by atoms with Crippen LogP contribution in [0.5, 0.6) is 5.75 Å². The van der Waals surface area contributed by atoms with Crippen molar-refractivity contribution in [3.8, 4) is 5.75 Å². The van der Waals surface area contributed by atoms with Crippen LogP contribution in [0.4, 0.5) is 5.69 Å². The summed E-state index contributed by atoms with van der Waals surface area (Å²) >= 11 is 0. The van der Waals surface area contributed by atoms with Gasteiger partial charge in [-0.25, -0.2) is 0 Å². The van der Waals surface area contributed by atoms with Crippen LogP contribution in [0, 0.1) is 5.41 Å². The first-order valence-corrected chi connectivity index (χ1v) is 9.16. The second-order valence-electron chi connectivity index (χ2n) is 7.30. The molecule has 1 unspecified atom stereocenters. The normalized spacial score (nSPS) is 23.2. The third-order valence-corrected chi connectivity index (χ3v) is 5.91. The minimum absolute atomic E-state index is 0.0261. The molecule has 1 aliphatic heterocycles. The molecule has 3 N–H and O–H groups in total. The molecule has 1 spiro atoms. The van der Waals surface area contributed by atoms with Crippen LogP contribution < -0.4 is 15.8 Å². The Kier molecular flexibility index (Phi) is 4.61. The van der Waals surface area contributed by atoms with Gasteiger partial charge in [-0.3, -0.25) is 4.79 Å². The zero-order valence-corrected chi connectivity index (χ0v) is 15.4. The van der Waals surface area contributed by atoms with E-state index in [2.05, 4.69) is 15.5 Å². The number of nitrogens with two attached hydrogens (primary N) is 1. The molecule has 4 rings (SSSR count). The fourth-order valence-corrected chi connectivity index (χ4v) is 4.24. The summed E-state index contributed by atoms with van der Waals surface area (Å²) in [4.78, 5) is 16.9. The van der Waals surface area contributed by atoms with E-state index in [1.165, 1.54) is 0 Å². The standard InChI is InChI=1S/C19H24N4O4/c1-25-14-5-3-2-4-13(14)21-16(24)10-15-22-17(27-23-15)19(12-20)11-18(19)6-8-26-9-7-18/h2-5H,6-12,20H2,1H3,(H,21,24). The molecule has 144 valence electrons. The number of nitrogens with one attached hydrogen (secondary N) is 1. The predicted octanol–water partition coefficient (Wildman–Crippen LogP) is 1.66. The van der Waals surface area contributed by atoms with Crippen molar-refractivity contribution in [3.05, 3.63) is 36.0 Å². The van der Waals surface area contributed by atoms with Gasteiger partial charge >= 0.3 is 0 Å². The van der Waals surface area contributed by atoms with Crippen molar-refractivity contribution in [1.29, 1.82) is 0 Å². The third-order valence-electron chi connectivity index (χ3n) is 5.91. The second kappa shape index (κ2) is 6.94. The highest BCUT2D eigenvalue weighted by molar-refractivity contribution is 5.93. The number of anilines is 1. The Morgan fingerprint density at radius 3 is 2.85 bits per heavy atom. The first kappa shape index (κ1) is 17.9. The van der Waals surface area contributed by atoms with Gasteiger partial charge in [0.25, 0.3) is 0 Å². The van der Waals surface area contributed by atoms with Crippen LogP contribution in [0.25, 0.3) is 0 Å². The van der Waals surface area contributed by atoms with Gasteiger partial charge < -0.3 is 25.0 Å². The summed E-state index contributed by atoms with van der Waals surface area (Å²) in [5, 5.41) is 6.83. The molecule has 1 atom stereocenters. The first-order chi connectivity index (χ1) is 13.1. The number of carbonyl (C=O) groups excluding carboxylic acids is 1. The lowest BCUT2D eigenvalue weighted by Crippen LogP contribution is -2.32. The van der Waals surface area contributed by atoms with Crippen LogP contribution in [0.2, 0.25) is 0 Å². The molecular formula is C19H24N4O4. The van der Waals surface area contributed by atoms with Crippen LogP contribution in [-0.4, -0.2) is 42.9 Å². The molecular weight excluding hydrogens is 348 g/mol. The topological polar surface area (TPSA) is 112 Å². The molecule has 0 bridgehead atoms. The molecule has 2 heterocycles. The van der Waals surface area contributed by atoms with Crippen molar-refractivity contribution in [1.82, 2.24) is 10.1 Å². The first-order valence-electron chi connectivity index (χ1n) is 9.16. The van der Waals surface area contributed by atoms with Crippen LogP contribution in [0.1, 0.15) is 31.0 Å². The van der Waals surface area contributed by atoms with Crippen LogP contribution in [-0.2, 0) is 21.4 Å². The van der Waals surface area contributed by atoms with E-state index < -0.39 is 0 Å². The van der Waals surface area contributed by atoms with E-state index in [-0.39, 0.29) is 23.2 Å². The monoisotopic (exact) mass is 372 g/mol. The lowest BCUT2D eigenvalue weighted by molar-refractivity contribution is -0.115. The summed E-state index contributed by atoms with van der Waals surface area (Å²) in [6.45, 7) is 1.94. The average molecular weight is 372 g/mol. The fourth-order valence-electron chi connectivity index (χ4n) is 4.24. The van der Waals surface area contributed by atoms with Crippen LogP contribution in [0.15, 0.2) is 28.8 Å². The molecule has 1 aromatic carbocycles. The lowest BCUT2D eigenvalue weighted by atomic mass is 9.86. The smallest absolute Gasteiger partial charge is 0.234 e. The summed E-state index contributed by atoms with van der Waals surface area (Å²) < 4.78 is 16.2. The minimum Gasteiger partial charge on any atom is -0.495 e. The van der Waals surface area contributed by atoms with E-state index in [0.29, 0.717) is 29.7 Å². The molecule has 1 aliphatic carbocycles. The molecule has 2 fully saturated rings. The Morgan fingerprint density at radius 2 is 2.11 bits per heavy atom. The molecule has 1 amide bonds. The largest absolute Gasteiger partial charge is 0.495 e. The Balaban J connectivity index is 1.44. The van der Waals surface area contributed by atoms with Gasteiger partial charge in [0.15, 0.2) is 5.82 Å². The number of benzene rings is 1. The number of methoxy groups -OCH3 is 1. The number of ether oxygens (including phenoxy) is 2. The molecule has 8 heteroatoms. The SMILES string of the molecule is COc1ccccc1NC(=O)Cc1noc(C2(CN)CC23CCOCC3)n1. The Morgan fingerprint density at radius 1 is 1.33 bits per heavy atom. The Hall–Kier alpha value is -2.45.